The van der Waals surface area contributed by atoms with Gasteiger partial charge in [0.25, 0.3) is 0 Å². The van der Waals surface area contributed by atoms with Crippen molar-refractivity contribution in [3.05, 3.63) is 52.2 Å². The number of amides is 2. The number of hydrogen-bond acceptors (Lipinski definition) is 2. The Balaban J connectivity index is 2.10. The van der Waals surface area contributed by atoms with E-state index in [0.717, 1.165) is 25.1 Å². The van der Waals surface area contributed by atoms with Gasteiger partial charge in [-0.25, -0.2) is 4.79 Å². The summed E-state index contributed by atoms with van der Waals surface area (Å²) in [5.41, 5.74) is 2.13. The average molecular weight is 345 g/mol. The van der Waals surface area contributed by atoms with Crippen LogP contribution in [0.4, 0.5) is 10.5 Å². The van der Waals surface area contributed by atoms with Crippen LogP contribution in [0.3, 0.4) is 0 Å². The lowest BCUT2D eigenvalue weighted by Gasteiger charge is -2.29. The lowest BCUT2D eigenvalue weighted by Crippen LogP contribution is -2.38. The van der Waals surface area contributed by atoms with Gasteiger partial charge in [0.15, 0.2) is 0 Å². The van der Waals surface area contributed by atoms with Crippen LogP contribution in [0.25, 0.3) is 0 Å². The molecule has 0 saturated carbocycles. The predicted molar refractivity (Wildman–Crippen MR) is 104 cm³/mol. The molecule has 1 atom stereocenters. The molecule has 3 nitrogen and oxygen atoms in total. The van der Waals surface area contributed by atoms with Gasteiger partial charge in [-0.2, -0.15) is 0 Å². The summed E-state index contributed by atoms with van der Waals surface area (Å²) in [6, 6.07) is 12.3. The molecule has 0 spiro atoms. The number of rotatable bonds is 7. The van der Waals surface area contributed by atoms with Crippen molar-refractivity contribution in [2.45, 2.75) is 46.6 Å². The standard InChI is InChI=1S/C20H28N2OS/c1-5-17-8-10-18(11-9-17)21-20(23)22(13-12-15(2)3)16(4)19-7-6-14-24-19/h6-11,14-16H,5,12-13H2,1-4H3,(H,21,23)/t16-/m1/s1. The van der Waals surface area contributed by atoms with Gasteiger partial charge in [-0.3, -0.25) is 0 Å². The van der Waals surface area contributed by atoms with Crippen LogP contribution in [0.1, 0.15) is 50.6 Å². The van der Waals surface area contributed by atoms with Gasteiger partial charge in [0, 0.05) is 17.1 Å². The first-order valence-electron chi connectivity index (χ1n) is 8.71. The van der Waals surface area contributed by atoms with Gasteiger partial charge >= 0.3 is 6.03 Å². The maximum atomic E-state index is 12.8. The van der Waals surface area contributed by atoms with E-state index >= 15 is 0 Å². The molecule has 0 radical (unpaired) electrons. The van der Waals surface area contributed by atoms with Crippen molar-refractivity contribution in [3.8, 4) is 0 Å². The summed E-state index contributed by atoms with van der Waals surface area (Å²) in [6.07, 6.45) is 2.00. The number of benzene rings is 1. The second-order valence-electron chi connectivity index (χ2n) is 6.55. The van der Waals surface area contributed by atoms with Gasteiger partial charge in [0.2, 0.25) is 0 Å². The van der Waals surface area contributed by atoms with E-state index in [9.17, 15) is 4.79 Å². The van der Waals surface area contributed by atoms with E-state index in [0.29, 0.717) is 5.92 Å². The molecule has 24 heavy (non-hydrogen) atoms. The first-order valence-corrected chi connectivity index (χ1v) is 9.59. The SMILES string of the molecule is CCc1ccc(NC(=O)N(CCC(C)C)[C@H](C)c2cccs2)cc1. The van der Waals surface area contributed by atoms with Crippen LogP contribution < -0.4 is 5.32 Å². The Morgan fingerprint density at radius 1 is 1.17 bits per heavy atom. The number of hydrogen-bond donors (Lipinski definition) is 1. The number of anilines is 1. The molecule has 4 heteroatoms. The molecule has 1 aromatic carbocycles. The smallest absolute Gasteiger partial charge is 0.317 e. The molecule has 0 unspecified atom stereocenters. The fourth-order valence-corrected chi connectivity index (χ4v) is 3.37. The Morgan fingerprint density at radius 2 is 1.88 bits per heavy atom. The molecule has 0 aliphatic rings. The minimum Gasteiger partial charge on any atom is -0.317 e. The Kier molecular flexibility index (Phi) is 6.85. The monoisotopic (exact) mass is 344 g/mol. The Morgan fingerprint density at radius 3 is 2.42 bits per heavy atom. The fraction of sp³-hybridized carbons (Fsp3) is 0.450. The van der Waals surface area contributed by atoms with Gasteiger partial charge < -0.3 is 10.2 Å². The minimum absolute atomic E-state index is 0.0270. The highest BCUT2D eigenvalue weighted by Gasteiger charge is 2.22. The third-order valence-corrected chi connectivity index (χ3v) is 5.29. The molecule has 0 aliphatic carbocycles. The molecule has 2 aromatic rings. The maximum Gasteiger partial charge on any atom is 0.322 e. The third-order valence-electron chi connectivity index (χ3n) is 4.24. The number of nitrogens with one attached hydrogen (secondary N) is 1. The molecular weight excluding hydrogens is 316 g/mol. The normalized spacial score (nSPS) is 12.2. The first-order chi connectivity index (χ1) is 11.5. The summed E-state index contributed by atoms with van der Waals surface area (Å²) in [4.78, 5) is 16.0. The van der Waals surface area contributed by atoms with E-state index in [1.54, 1.807) is 11.3 Å². The molecule has 0 fully saturated rings. The largest absolute Gasteiger partial charge is 0.322 e. The molecular formula is C20H28N2OS. The zero-order valence-electron chi connectivity index (χ0n) is 15.1. The second kappa shape index (κ2) is 8.88. The van der Waals surface area contributed by atoms with E-state index in [-0.39, 0.29) is 12.1 Å². The highest BCUT2D eigenvalue weighted by molar-refractivity contribution is 7.10. The van der Waals surface area contributed by atoms with E-state index in [1.807, 2.05) is 23.1 Å². The molecule has 1 heterocycles. The van der Waals surface area contributed by atoms with Crippen molar-refractivity contribution >= 4 is 23.1 Å². The number of urea groups is 1. The van der Waals surface area contributed by atoms with Crippen LogP contribution >= 0.6 is 11.3 Å². The van der Waals surface area contributed by atoms with Crippen LogP contribution in [0.2, 0.25) is 0 Å². The molecule has 0 bridgehead atoms. The first kappa shape index (κ1) is 18.5. The van der Waals surface area contributed by atoms with Crippen LogP contribution in [0, 0.1) is 5.92 Å². The summed E-state index contributed by atoms with van der Waals surface area (Å²) in [7, 11) is 0. The maximum absolute atomic E-state index is 12.8. The van der Waals surface area contributed by atoms with Crippen LogP contribution in [-0.4, -0.2) is 17.5 Å². The highest BCUT2D eigenvalue weighted by atomic mass is 32.1. The number of nitrogens with zero attached hydrogens (tertiary/aromatic N) is 1. The zero-order chi connectivity index (χ0) is 17.5. The summed E-state index contributed by atoms with van der Waals surface area (Å²) >= 11 is 1.70. The Labute approximate surface area is 149 Å². The van der Waals surface area contributed by atoms with Gasteiger partial charge in [0.05, 0.1) is 6.04 Å². The molecule has 1 aromatic heterocycles. The van der Waals surface area contributed by atoms with Crippen LogP contribution in [0.15, 0.2) is 41.8 Å². The van der Waals surface area contributed by atoms with Crippen molar-refractivity contribution in [1.29, 1.82) is 0 Å². The minimum atomic E-state index is -0.0270. The number of aryl methyl sites for hydroxylation is 1. The molecule has 0 saturated heterocycles. The highest BCUT2D eigenvalue weighted by Crippen LogP contribution is 2.26. The quantitative estimate of drug-likeness (QED) is 0.661. The van der Waals surface area contributed by atoms with E-state index < -0.39 is 0 Å². The number of carbonyl (C=O) groups is 1. The average Bonchev–Trinajstić information content (AvgIpc) is 3.09. The summed E-state index contributed by atoms with van der Waals surface area (Å²) in [5.74, 6) is 0.569. The van der Waals surface area contributed by atoms with Gasteiger partial charge in [-0.05, 0) is 54.8 Å². The summed E-state index contributed by atoms with van der Waals surface area (Å²) in [5, 5.41) is 5.11. The zero-order valence-corrected chi connectivity index (χ0v) is 15.9. The second-order valence-corrected chi connectivity index (χ2v) is 7.53. The van der Waals surface area contributed by atoms with Crippen molar-refractivity contribution in [1.82, 2.24) is 4.90 Å². The van der Waals surface area contributed by atoms with Crippen LogP contribution in [-0.2, 0) is 6.42 Å². The molecule has 130 valence electrons. The molecule has 1 N–H and O–H groups in total. The van der Waals surface area contributed by atoms with Crippen LogP contribution in [0.5, 0.6) is 0 Å². The lowest BCUT2D eigenvalue weighted by atomic mass is 10.1. The van der Waals surface area contributed by atoms with Gasteiger partial charge in [-0.1, -0.05) is 39.0 Å². The third kappa shape index (κ3) is 5.10. The van der Waals surface area contributed by atoms with E-state index in [4.69, 9.17) is 0 Å². The molecule has 0 aliphatic heterocycles. The van der Waals surface area contributed by atoms with Crippen molar-refractivity contribution in [2.75, 3.05) is 11.9 Å². The van der Waals surface area contributed by atoms with E-state index in [2.05, 4.69) is 56.6 Å². The molecule has 2 amide bonds. The predicted octanol–water partition coefficient (Wildman–Crippen LogP) is 5.95. The van der Waals surface area contributed by atoms with E-state index in [1.165, 1.54) is 10.4 Å². The number of carbonyl (C=O) groups excluding carboxylic acids is 1. The summed E-state index contributed by atoms with van der Waals surface area (Å²) < 4.78 is 0. The molecule has 2 rings (SSSR count). The topological polar surface area (TPSA) is 32.3 Å². The van der Waals surface area contributed by atoms with Gasteiger partial charge in [0.1, 0.15) is 0 Å². The summed E-state index contributed by atoms with van der Waals surface area (Å²) in [6.45, 7) is 9.37. The number of thiophene rings is 1. The van der Waals surface area contributed by atoms with Gasteiger partial charge in [-0.15, -0.1) is 11.3 Å². The van der Waals surface area contributed by atoms with Crippen molar-refractivity contribution in [2.24, 2.45) is 5.92 Å². The lowest BCUT2D eigenvalue weighted by molar-refractivity contribution is 0.190. The Hall–Kier alpha value is -1.81. The van der Waals surface area contributed by atoms with Crippen molar-refractivity contribution in [3.63, 3.8) is 0 Å². The Bertz CT molecular complexity index is 620. The van der Waals surface area contributed by atoms with Crippen molar-refractivity contribution < 1.29 is 4.79 Å². The fourth-order valence-electron chi connectivity index (χ4n) is 2.57.